The Morgan fingerprint density at radius 2 is 0.747 bits per heavy atom. The highest BCUT2D eigenvalue weighted by molar-refractivity contribution is 5.73. The lowest BCUT2D eigenvalue weighted by Crippen LogP contribution is -2.69. The molecule has 0 unspecified atom stereocenters. The molecular weight excluding hydrogens is 1160 g/mol. The average molecular weight is 1240 g/mol. The SMILES string of the molecule is C=CCO[C@@H]1O[C@@H](C)[C@H](OCc2ccccc2)[C@H](OCc2ccccc2)[C@H]1O[C@H]1O[C@H](COCc2ccccc2)[C@@H](O[C@@H]2O[C@H](COCc3ccccc3)[C@@H](OC(C)=O)[C@H](OCc3ccccc3)[C@@H]2NC(C)=O)[C@H](OCc2ccccc2)[C@H]1OCc1ccccc1. The summed E-state index contributed by atoms with van der Waals surface area (Å²) in [6.45, 7) is 9.60. The minimum Gasteiger partial charge on any atom is -0.457 e. The summed E-state index contributed by atoms with van der Waals surface area (Å²) in [5, 5.41) is 3.09. The molecule has 3 heterocycles. The minimum absolute atomic E-state index is 0.0682. The molecule has 1 N–H and O–H groups in total. The van der Waals surface area contributed by atoms with E-state index in [1.807, 2.05) is 219 Å². The first kappa shape index (κ1) is 66.6. The summed E-state index contributed by atoms with van der Waals surface area (Å²) < 4.78 is 97.3. The predicted molar refractivity (Wildman–Crippen MR) is 338 cm³/mol. The maximum atomic E-state index is 13.7. The molecule has 0 aromatic heterocycles. The smallest absolute Gasteiger partial charge is 0.303 e. The quantitative estimate of drug-likeness (QED) is 0.0311. The van der Waals surface area contributed by atoms with Gasteiger partial charge in [0.25, 0.3) is 0 Å². The Morgan fingerprint density at radius 3 is 1.15 bits per heavy atom. The van der Waals surface area contributed by atoms with Crippen LogP contribution in [-0.2, 0) is 122 Å². The summed E-state index contributed by atoms with van der Waals surface area (Å²) in [6.07, 6.45) is -12.9. The molecule has 1 amide bonds. The summed E-state index contributed by atoms with van der Waals surface area (Å²) in [4.78, 5) is 27.0. The Labute approximate surface area is 533 Å². The van der Waals surface area contributed by atoms with Crippen LogP contribution in [0.3, 0.4) is 0 Å². The van der Waals surface area contributed by atoms with E-state index in [2.05, 4.69) is 11.9 Å². The van der Waals surface area contributed by atoms with Crippen LogP contribution in [0.1, 0.15) is 59.7 Å². The van der Waals surface area contributed by atoms with Crippen molar-refractivity contribution in [2.45, 2.75) is 159 Å². The van der Waals surface area contributed by atoms with Crippen molar-refractivity contribution in [2.75, 3.05) is 19.8 Å². The molecule has 0 bridgehead atoms. The molecule has 91 heavy (non-hydrogen) atoms. The van der Waals surface area contributed by atoms with Crippen LogP contribution in [0.25, 0.3) is 0 Å². The van der Waals surface area contributed by atoms with Crippen LogP contribution in [0.5, 0.6) is 0 Å². The third kappa shape index (κ3) is 19.6. The van der Waals surface area contributed by atoms with Gasteiger partial charge in [-0.15, -0.1) is 6.58 Å². The third-order valence-corrected chi connectivity index (χ3v) is 15.8. The predicted octanol–water partition coefficient (Wildman–Crippen LogP) is 11.0. The van der Waals surface area contributed by atoms with Crippen LogP contribution in [-0.4, -0.2) is 124 Å². The molecule has 10 rings (SSSR count). The van der Waals surface area contributed by atoms with Crippen LogP contribution in [0.2, 0.25) is 0 Å². The van der Waals surface area contributed by atoms with Gasteiger partial charge in [0, 0.05) is 13.8 Å². The number of rotatable bonds is 32. The van der Waals surface area contributed by atoms with Gasteiger partial charge in [-0.1, -0.05) is 218 Å². The number of carbonyl (C=O) groups excluding carboxylic acids is 2. The lowest BCUT2D eigenvalue weighted by molar-refractivity contribution is -0.390. The number of hydrogen-bond acceptors (Lipinski definition) is 16. The zero-order valence-electron chi connectivity index (χ0n) is 51.8. The van der Waals surface area contributed by atoms with Crippen LogP contribution >= 0.6 is 0 Å². The number of nitrogens with one attached hydrogen (secondary N) is 1. The molecule has 0 radical (unpaired) electrons. The number of carbonyl (C=O) groups is 2. The first-order chi connectivity index (χ1) is 44.6. The number of ether oxygens (including phenoxy) is 14. The molecule has 17 heteroatoms. The van der Waals surface area contributed by atoms with Gasteiger partial charge in [0.1, 0.15) is 61.0 Å². The largest absolute Gasteiger partial charge is 0.457 e. The minimum atomic E-state index is -1.37. The maximum absolute atomic E-state index is 13.7. The fourth-order valence-electron chi connectivity index (χ4n) is 11.4. The second kappa shape index (κ2) is 34.9. The molecule has 480 valence electrons. The van der Waals surface area contributed by atoms with Gasteiger partial charge in [0.05, 0.1) is 72.2 Å². The summed E-state index contributed by atoms with van der Waals surface area (Å²) in [5.74, 6) is -1.02. The summed E-state index contributed by atoms with van der Waals surface area (Å²) >= 11 is 0. The fraction of sp³-hybridized carbons (Fsp3) is 0.378. The van der Waals surface area contributed by atoms with E-state index in [0.29, 0.717) is 0 Å². The van der Waals surface area contributed by atoms with Gasteiger partial charge in [-0.3, -0.25) is 9.59 Å². The van der Waals surface area contributed by atoms with Crippen LogP contribution in [0.4, 0.5) is 0 Å². The second-order valence-corrected chi connectivity index (χ2v) is 22.7. The summed E-state index contributed by atoms with van der Waals surface area (Å²) in [5.41, 5.74) is 6.24. The van der Waals surface area contributed by atoms with Gasteiger partial charge < -0.3 is 71.6 Å². The molecule has 7 aromatic rings. The van der Waals surface area contributed by atoms with E-state index in [1.54, 1.807) is 6.08 Å². The highest BCUT2D eigenvalue weighted by atomic mass is 16.8. The first-order valence-electron chi connectivity index (χ1n) is 31.1. The summed E-state index contributed by atoms with van der Waals surface area (Å²) in [6, 6.07) is 67.2. The molecule has 3 fully saturated rings. The highest BCUT2D eigenvalue weighted by Crippen LogP contribution is 2.39. The van der Waals surface area contributed by atoms with Crippen LogP contribution < -0.4 is 5.32 Å². The zero-order valence-corrected chi connectivity index (χ0v) is 51.8. The van der Waals surface area contributed by atoms with Gasteiger partial charge in [-0.2, -0.15) is 0 Å². The van der Waals surface area contributed by atoms with Crippen molar-refractivity contribution in [3.8, 4) is 0 Å². The Kier molecular flexibility index (Phi) is 25.6. The van der Waals surface area contributed by atoms with Gasteiger partial charge in [0.15, 0.2) is 25.0 Å². The topological polar surface area (TPSA) is 175 Å². The van der Waals surface area contributed by atoms with E-state index in [0.717, 1.165) is 38.9 Å². The lowest BCUT2D eigenvalue weighted by Gasteiger charge is -2.51. The average Bonchev–Trinajstić information content (AvgIpc) is 0.867. The van der Waals surface area contributed by atoms with Crippen molar-refractivity contribution < 1.29 is 75.9 Å². The van der Waals surface area contributed by atoms with E-state index in [1.165, 1.54) is 13.8 Å². The maximum Gasteiger partial charge on any atom is 0.303 e. The van der Waals surface area contributed by atoms with Gasteiger partial charge in [0.2, 0.25) is 5.91 Å². The molecule has 17 nitrogen and oxygen atoms in total. The van der Waals surface area contributed by atoms with Crippen molar-refractivity contribution >= 4 is 11.9 Å². The van der Waals surface area contributed by atoms with Crippen LogP contribution in [0.15, 0.2) is 225 Å². The van der Waals surface area contributed by atoms with Gasteiger partial charge in [-0.25, -0.2) is 0 Å². The number of benzene rings is 7. The molecule has 15 atom stereocenters. The summed E-state index contributed by atoms with van der Waals surface area (Å²) in [7, 11) is 0. The van der Waals surface area contributed by atoms with E-state index in [4.69, 9.17) is 66.3 Å². The third-order valence-electron chi connectivity index (χ3n) is 15.8. The highest BCUT2D eigenvalue weighted by Gasteiger charge is 2.57. The second-order valence-electron chi connectivity index (χ2n) is 22.7. The molecular formula is C74H83NO16. The van der Waals surface area contributed by atoms with Crippen molar-refractivity contribution in [3.05, 3.63) is 264 Å². The Hall–Kier alpha value is -7.30. The Balaban J connectivity index is 1.08. The van der Waals surface area contributed by atoms with Crippen LogP contribution in [0, 0.1) is 0 Å². The number of esters is 1. The lowest BCUT2D eigenvalue weighted by atomic mass is 9.94. The van der Waals surface area contributed by atoms with Crippen molar-refractivity contribution in [2.24, 2.45) is 0 Å². The van der Waals surface area contributed by atoms with E-state index in [-0.39, 0.29) is 66.1 Å². The molecule has 3 aliphatic heterocycles. The molecule has 3 saturated heterocycles. The molecule has 3 aliphatic rings. The van der Waals surface area contributed by atoms with Crippen molar-refractivity contribution in [1.29, 1.82) is 0 Å². The molecule has 0 spiro atoms. The normalized spacial score (nSPS) is 26.5. The van der Waals surface area contributed by atoms with Crippen molar-refractivity contribution in [1.82, 2.24) is 5.32 Å². The van der Waals surface area contributed by atoms with E-state index in [9.17, 15) is 9.59 Å². The molecule has 0 aliphatic carbocycles. The van der Waals surface area contributed by atoms with E-state index < -0.39 is 104 Å². The monoisotopic (exact) mass is 1240 g/mol. The van der Waals surface area contributed by atoms with Gasteiger partial charge in [-0.05, 0) is 45.9 Å². The Bertz CT molecular complexity index is 3210. The first-order valence-corrected chi connectivity index (χ1v) is 31.1. The van der Waals surface area contributed by atoms with Gasteiger partial charge >= 0.3 is 5.97 Å². The standard InChI is InChI=1S/C74H83NO16/c1-5-41-80-73-71(68(83-46-58-35-21-10-22-36-58)64(51(2)86-73)81-44-56-31-17-8-18-32-56)91-74-70(85-48-60-39-25-12-26-40-60)69(84-47-59-37-23-11-24-38-59)66(62(89-74)50-79-43-55-29-15-7-16-30-55)90-72-63(75-52(3)76)67(82-45-57-33-19-9-20-34-57)65(87-53(4)77)61(88-72)49-78-42-54-27-13-6-14-28-54/h5-40,51,61-74H,1,41-50H2,2-4H3,(H,75,76)/t51-,61+,62+,63-,64-,65+,66+,67+,68-,69-,70+,71+,72-,73+,74+/m0/s1. The number of amides is 1. The Morgan fingerprint density at radius 1 is 0.396 bits per heavy atom. The van der Waals surface area contributed by atoms with E-state index >= 15 is 0 Å². The van der Waals surface area contributed by atoms with Crippen molar-refractivity contribution in [3.63, 3.8) is 0 Å². The number of hydrogen-bond donors (Lipinski definition) is 1. The molecule has 7 aromatic carbocycles. The molecule has 0 saturated carbocycles. The zero-order chi connectivity index (χ0) is 63.0. The fourth-order valence-corrected chi connectivity index (χ4v) is 11.4.